The number of nitrogens with zero attached hydrogens (tertiary/aromatic N) is 1. The molecule has 0 aliphatic heterocycles. The van der Waals surface area contributed by atoms with Gasteiger partial charge in [-0.1, -0.05) is 11.6 Å². The number of anilines is 1. The van der Waals surface area contributed by atoms with Crippen LogP contribution in [-0.2, 0) is 26.0 Å². The number of halogens is 2. The van der Waals surface area contributed by atoms with Crippen molar-refractivity contribution in [3.63, 3.8) is 0 Å². The molecule has 2 heterocycles. The fourth-order valence-corrected chi connectivity index (χ4v) is 6.44. The van der Waals surface area contributed by atoms with E-state index in [2.05, 4.69) is 25.6 Å². The number of thiazole rings is 1. The van der Waals surface area contributed by atoms with Crippen LogP contribution < -0.4 is 4.72 Å². The molecule has 22 heavy (non-hydrogen) atoms. The Morgan fingerprint density at radius 2 is 2.27 bits per heavy atom. The lowest BCUT2D eigenvalue weighted by Gasteiger charge is -2.03. The highest BCUT2D eigenvalue weighted by molar-refractivity contribution is 9.10. The molecule has 11 heteroatoms. The minimum absolute atomic E-state index is 0.000587. The molecule has 1 N–H and O–H groups in total. The van der Waals surface area contributed by atoms with E-state index < -0.39 is 16.0 Å². The summed E-state index contributed by atoms with van der Waals surface area (Å²) in [5.41, 5.74) is 0.449. The lowest BCUT2D eigenvalue weighted by atomic mass is 10.3. The van der Waals surface area contributed by atoms with Crippen LogP contribution in [0, 0.1) is 0 Å². The molecule has 0 spiro atoms. The van der Waals surface area contributed by atoms with E-state index in [1.807, 2.05) is 0 Å². The maximum atomic E-state index is 12.3. The van der Waals surface area contributed by atoms with Gasteiger partial charge < -0.3 is 4.74 Å². The number of carbonyl (C=O) groups is 1. The molecule has 2 aromatic heterocycles. The summed E-state index contributed by atoms with van der Waals surface area (Å²) in [4.78, 5) is 15.4. The molecular formula is C11H10BrClN2O4S3. The van der Waals surface area contributed by atoms with Crippen molar-refractivity contribution in [2.75, 3.05) is 11.3 Å². The maximum Gasteiger partial charge on any atom is 0.311 e. The lowest BCUT2D eigenvalue weighted by Crippen LogP contribution is -2.12. The highest BCUT2D eigenvalue weighted by Gasteiger charge is 2.22. The quantitative estimate of drug-likeness (QED) is 0.688. The Morgan fingerprint density at radius 1 is 1.55 bits per heavy atom. The number of carbonyl (C=O) groups excluding carboxylic acids is 1. The number of aromatic nitrogens is 1. The van der Waals surface area contributed by atoms with Crippen LogP contribution in [0.3, 0.4) is 0 Å². The number of hydrogen-bond acceptors (Lipinski definition) is 7. The van der Waals surface area contributed by atoms with Crippen molar-refractivity contribution in [3.05, 3.63) is 25.9 Å². The second kappa shape index (κ2) is 7.26. The molecule has 0 fully saturated rings. The molecule has 120 valence electrons. The Bertz CT molecular complexity index is 787. The Hall–Kier alpha value is -0.680. The molecule has 0 unspecified atom stereocenters. The van der Waals surface area contributed by atoms with Gasteiger partial charge >= 0.3 is 5.97 Å². The van der Waals surface area contributed by atoms with Crippen molar-refractivity contribution in [2.24, 2.45) is 0 Å². The van der Waals surface area contributed by atoms with Gasteiger partial charge in [-0.2, -0.15) is 0 Å². The summed E-state index contributed by atoms with van der Waals surface area (Å²) in [5.74, 6) is -0.407. The van der Waals surface area contributed by atoms with Crippen LogP contribution in [0.25, 0.3) is 0 Å². The Morgan fingerprint density at radius 3 is 2.86 bits per heavy atom. The minimum Gasteiger partial charge on any atom is -0.466 e. The van der Waals surface area contributed by atoms with E-state index in [4.69, 9.17) is 16.3 Å². The second-order valence-electron chi connectivity index (χ2n) is 3.92. The predicted molar refractivity (Wildman–Crippen MR) is 90.3 cm³/mol. The fourth-order valence-electron chi connectivity index (χ4n) is 1.46. The third-order valence-electron chi connectivity index (χ3n) is 2.27. The highest BCUT2D eigenvalue weighted by atomic mass is 79.9. The number of rotatable bonds is 6. The monoisotopic (exact) mass is 444 g/mol. The fraction of sp³-hybridized carbons (Fsp3) is 0.273. The van der Waals surface area contributed by atoms with E-state index in [0.29, 0.717) is 14.5 Å². The van der Waals surface area contributed by atoms with Gasteiger partial charge in [0.25, 0.3) is 10.0 Å². The summed E-state index contributed by atoms with van der Waals surface area (Å²) in [6.07, 6.45) is 0.000587. The predicted octanol–water partition coefficient (Wildman–Crippen LogP) is 3.53. The van der Waals surface area contributed by atoms with Gasteiger partial charge in [-0.3, -0.25) is 9.52 Å². The average Bonchev–Trinajstić information content (AvgIpc) is 2.96. The van der Waals surface area contributed by atoms with E-state index in [1.165, 1.54) is 6.07 Å². The van der Waals surface area contributed by atoms with Gasteiger partial charge in [0.05, 0.1) is 27.5 Å². The standard InChI is InChI=1S/C11H10BrClN2O4S3/c1-2-19-9(16)3-6-5-20-11(14-6)15-22(17,18)10-7(12)4-8(13)21-10/h4-5H,2-3H2,1H3,(H,14,15). The van der Waals surface area contributed by atoms with E-state index in [1.54, 1.807) is 12.3 Å². The average molecular weight is 446 g/mol. The number of nitrogens with one attached hydrogen (secondary N) is 1. The first-order valence-corrected chi connectivity index (χ1v) is 10.2. The van der Waals surface area contributed by atoms with Crippen LogP contribution >= 0.6 is 50.2 Å². The third-order valence-corrected chi connectivity index (χ3v) is 7.50. The van der Waals surface area contributed by atoms with Gasteiger partial charge in [0.2, 0.25) is 0 Å². The summed E-state index contributed by atoms with van der Waals surface area (Å²) in [7, 11) is -3.78. The zero-order valence-corrected chi connectivity index (χ0v) is 15.9. The van der Waals surface area contributed by atoms with Crippen molar-refractivity contribution in [3.8, 4) is 0 Å². The second-order valence-corrected chi connectivity index (χ2v) is 9.19. The van der Waals surface area contributed by atoms with Gasteiger partial charge in [0.1, 0.15) is 0 Å². The number of sulfonamides is 1. The van der Waals surface area contributed by atoms with Gasteiger partial charge in [-0.25, -0.2) is 13.4 Å². The first-order chi connectivity index (χ1) is 10.3. The summed E-state index contributed by atoms with van der Waals surface area (Å²) >= 11 is 11.0. The Labute approximate surface area is 148 Å². The largest absolute Gasteiger partial charge is 0.466 e. The van der Waals surface area contributed by atoms with Crippen molar-refractivity contribution in [1.82, 2.24) is 4.98 Å². The molecule has 0 aliphatic carbocycles. The number of ether oxygens (including phenoxy) is 1. The van der Waals surface area contributed by atoms with Crippen LogP contribution in [0.2, 0.25) is 4.34 Å². The van der Waals surface area contributed by atoms with Crippen molar-refractivity contribution in [1.29, 1.82) is 0 Å². The zero-order chi connectivity index (χ0) is 16.3. The lowest BCUT2D eigenvalue weighted by molar-refractivity contribution is -0.142. The molecule has 0 atom stereocenters. The number of esters is 1. The molecule has 6 nitrogen and oxygen atoms in total. The third kappa shape index (κ3) is 4.42. The van der Waals surface area contributed by atoms with Gasteiger partial charge in [-0.15, -0.1) is 22.7 Å². The molecule has 2 aromatic rings. The summed E-state index contributed by atoms with van der Waals surface area (Å²) in [6, 6.07) is 1.51. The maximum absolute atomic E-state index is 12.3. The molecule has 0 aliphatic rings. The summed E-state index contributed by atoms with van der Waals surface area (Å²) in [5, 5.41) is 1.78. The van der Waals surface area contributed by atoms with E-state index in [0.717, 1.165) is 22.7 Å². The molecule has 0 radical (unpaired) electrons. The van der Waals surface area contributed by atoms with E-state index in [-0.39, 0.29) is 22.4 Å². The summed E-state index contributed by atoms with van der Waals surface area (Å²) in [6.45, 7) is 2.00. The molecule has 0 saturated carbocycles. The van der Waals surface area contributed by atoms with E-state index >= 15 is 0 Å². The molecule has 2 rings (SSSR count). The SMILES string of the molecule is CCOC(=O)Cc1csc(NS(=O)(=O)c2sc(Cl)cc2Br)n1. The zero-order valence-electron chi connectivity index (χ0n) is 11.1. The van der Waals surface area contributed by atoms with Gasteiger partial charge in [0.15, 0.2) is 9.34 Å². The van der Waals surface area contributed by atoms with Crippen molar-refractivity contribution < 1.29 is 17.9 Å². The van der Waals surface area contributed by atoms with Crippen molar-refractivity contribution in [2.45, 2.75) is 17.6 Å². The van der Waals surface area contributed by atoms with Crippen molar-refractivity contribution >= 4 is 71.3 Å². The topological polar surface area (TPSA) is 85.4 Å². The molecular weight excluding hydrogens is 436 g/mol. The summed E-state index contributed by atoms with van der Waals surface area (Å²) < 4.78 is 32.5. The highest BCUT2D eigenvalue weighted by Crippen LogP contribution is 2.35. The van der Waals surface area contributed by atoms with Crippen LogP contribution in [0.5, 0.6) is 0 Å². The van der Waals surface area contributed by atoms with Crippen LogP contribution in [0.4, 0.5) is 5.13 Å². The van der Waals surface area contributed by atoms with Crippen LogP contribution in [0.1, 0.15) is 12.6 Å². The van der Waals surface area contributed by atoms with Gasteiger partial charge in [0, 0.05) is 5.38 Å². The van der Waals surface area contributed by atoms with E-state index in [9.17, 15) is 13.2 Å². The minimum atomic E-state index is -3.78. The first kappa shape index (κ1) is 17.7. The smallest absolute Gasteiger partial charge is 0.311 e. The Kier molecular flexibility index (Phi) is 5.83. The van der Waals surface area contributed by atoms with Crippen LogP contribution in [-0.4, -0.2) is 26.0 Å². The molecule has 0 amide bonds. The van der Waals surface area contributed by atoms with Crippen LogP contribution in [0.15, 0.2) is 20.1 Å². The molecule has 0 bridgehead atoms. The number of hydrogen-bond donors (Lipinski definition) is 1. The first-order valence-electron chi connectivity index (χ1n) is 5.89. The van der Waals surface area contributed by atoms with Gasteiger partial charge in [-0.05, 0) is 28.9 Å². The molecule has 0 aromatic carbocycles. The Balaban J connectivity index is 2.12. The normalized spacial score (nSPS) is 11.4. The molecule has 0 saturated heterocycles. The number of thiophene rings is 1.